The van der Waals surface area contributed by atoms with Crippen molar-refractivity contribution in [3.05, 3.63) is 58.1 Å². The van der Waals surface area contributed by atoms with Gasteiger partial charge in [-0.15, -0.1) is 0 Å². The van der Waals surface area contributed by atoms with E-state index in [2.05, 4.69) is 10.1 Å². The van der Waals surface area contributed by atoms with Gasteiger partial charge in [0.05, 0.1) is 16.1 Å². The molecule has 0 aliphatic carbocycles. The zero-order valence-corrected chi connectivity index (χ0v) is 12.6. The first-order valence-electron chi connectivity index (χ1n) is 6.22. The van der Waals surface area contributed by atoms with Crippen molar-refractivity contribution in [1.82, 2.24) is 0 Å². The van der Waals surface area contributed by atoms with Crippen molar-refractivity contribution in [2.45, 2.75) is 19.6 Å². The topological polar surface area (TPSA) is 21.3 Å². The minimum Gasteiger partial charge on any atom is -0.435 e. The van der Waals surface area contributed by atoms with E-state index in [4.69, 9.17) is 23.2 Å². The van der Waals surface area contributed by atoms with Gasteiger partial charge in [0.25, 0.3) is 0 Å². The summed E-state index contributed by atoms with van der Waals surface area (Å²) in [5, 5.41) is 4.21. The third kappa shape index (κ3) is 4.22. The molecule has 0 bridgehead atoms. The Morgan fingerprint density at radius 2 is 1.71 bits per heavy atom. The van der Waals surface area contributed by atoms with E-state index in [1.165, 1.54) is 12.1 Å². The summed E-state index contributed by atoms with van der Waals surface area (Å²) < 4.78 is 28.4. The van der Waals surface area contributed by atoms with Gasteiger partial charge in [-0.1, -0.05) is 35.3 Å². The summed E-state index contributed by atoms with van der Waals surface area (Å²) in [6.45, 7) is -0.894. The van der Waals surface area contributed by atoms with Crippen molar-refractivity contribution < 1.29 is 13.5 Å². The Bertz CT molecular complexity index is 605. The Labute approximate surface area is 131 Å². The highest BCUT2D eigenvalue weighted by atomic mass is 35.5. The first kappa shape index (κ1) is 15.9. The molecule has 21 heavy (non-hydrogen) atoms. The highest BCUT2D eigenvalue weighted by Gasteiger charge is 2.12. The molecular formula is C15H13Cl2F2NO. The third-order valence-corrected chi connectivity index (χ3v) is 3.74. The molecule has 0 spiro atoms. The standard InChI is InChI=1S/C15H13Cl2F2NO/c1-9(12-3-2-4-13(16)14(12)17)20-10-5-7-11(8-6-10)21-15(18)19/h2-9,15,20H,1H3. The minimum atomic E-state index is -2.83. The van der Waals surface area contributed by atoms with Gasteiger partial charge in [-0.3, -0.25) is 0 Å². The number of nitrogens with one attached hydrogen (secondary N) is 1. The normalized spacial score (nSPS) is 12.3. The van der Waals surface area contributed by atoms with E-state index >= 15 is 0 Å². The van der Waals surface area contributed by atoms with Crippen LogP contribution in [0.5, 0.6) is 5.75 Å². The molecule has 0 aromatic heterocycles. The van der Waals surface area contributed by atoms with Gasteiger partial charge in [0.2, 0.25) is 0 Å². The number of ether oxygens (including phenoxy) is 1. The number of hydrogen-bond acceptors (Lipinski definition) is 2. The SMILES string of the molecule is CC(Nc1ccc(OC(F)F)cc1)c1cccc(Cl)c1Cl. The molecule has 1 atom stereocenters. The molecule has 0 amide bonds. The molecule has 1 unspecified atom stereocenters. The molecule has 6 heteroatoms. The molecule has 0 radical (unpaired) electrons. The van der Waals surface area contributed by atoms with Gasteiger partial charge < -0.3 is 10.1 Å². The predicted molar refractivity (Wildman–Crippen MR) is 81.6 cm³/mol. The lowest BCUT2D eigenvalue weighted by atomic mass is 10.1. The Hall–Kier alpha value is -1.52. The average Bonchev–Trinajstić information content (AvgIpc) is 2.43. The Morgan fingerprint density at radius 3 is 2.33 bits per heavy atom. The van der Waals surface area contributed by atoms with Crippen LogP contribution >= 0.6 is 23.2 Å². The Balaban J connectivity index is 2.09. The molecule has 0 saturated carbocycles. The van der Waals surface area contributed by atoms with Crippen molar-refractivity contribution in [2.75, 3.05) is 5.32 Å². The molecule has 0 fully saturated rings. The maximum absolute atomic E-state index is 12.1. The fourth-order valence-electron chi connectivity index (χ4n) is 1.92. The van der Waals surface area contributed by atoms with Crippen molar-refractivity contribution in [3.63, 3.8) is 0 Å². The summed E-state index contributed by atoms with van der Waals surface area (Å²) in [4.78, 5) is 0. The lowest BCUT2D eigenvalue weighted by Gasteiger charge is -2.18. The molecule has 0 saturated heterocycles. The van der Waals surface area contributed by atoms with E-state index in [-0.39, 0.29) is 11.8 Å². The van der Waals surface area contributed by atoms with Crippen molar-refractivity contribution in [2.24, 2.45) is 0 Å². The van der Waals surface area contributed by atoms with E-state index < -0.39 is 6.61 Å². The van der Waals surface area contributed by atoms with Crippen LogP contribution in [-0.2, 0) is 0 Å². The van der Waals surface area contributed by atoms with Gasteiger partial charge in [-0.05, 0) is 42.8 Å². The lowest BCUT2D eigenvalue weighted by molar-refractivity contribution is -0.0498. The summed E-state index contributed by atoms with van der Waals surface area (Å²) in [5.41, 5.74) is 1.62. The predicted octanol–water partition coefficient (Wildman–Crippen LogP) is 5.77. The molecule has 0 aliphatic heterocycles. The number of alkyl halides is 2. The molecular weight excluding hydrogens is 319 g/mol. The zero-order valence-electron chi connectivity index (χ0n) is 11.1. The van der Waals surface area contributed by atoms with E-state index in [9.17, 15) is 8.78 Å². The van der Waals surface area contributed by atoms with Crippen LogP contribution in [0.2, 0.25) is 10.0 Å². The summed E-state index contributed by atoms with van der Waals surface area (Å²) in [5.74, 6) is 0.115. The second kappa shape index (κ2) is 6.96. The fraction of sp³-hybridized carbons (Fsp3) is 0.200. The van der Waals surface area contributed by atoms with Crippen LogP contribution in [-0.4, -0.2) is 6.61 Å². The molecule has 0 aliphatic rings. The Kier molecular flexibility index (Phi) is 5.26. The van der Waals surface area contributed by atoms with Gasteiger partial charge in [0.1, 0.15) is 5.75 Å². The van der Waals surface area contributed by atoms with E-state index in [1.807, 2.05) is 19.1 Å². The molecule has 2 nitrogen and oxygen atoms in total. The molecule has 112 valence electrons. The number of rotatable bonds is 5. The molecule has 2 aromatic rings. The average molecular weight is 332 g/mol. The fourth-order valence-corrected chi connectivity index (χ4v) is 2.39. The highest BCUT2D eigenvalue weighted by Crippen LogP contribution is 2.31. The van der Waals surface area contributed by atoms with Gasteiger partial charge in [-0.25, -0.2) is 0 Å². The molecule has 2 aromatic carbocycles. The van der Waals surface area contributed by atoms with Crippen LogP contribution < -0.4 is 10.1 Å². The largest absolute Gasteiger partial charge is 0.435 e. The second-order valence-corrected chi connectivity index (χ2v) is 5.20. The van der Waals surface area contributed by atoms with Crippen LogP contribution in [0.1, 0.15) is 18.5 Å². The maximum Gasteiger partial charge on any atom is 0.387 e. The van der Waals surface area contributed by atoms with E-state index in [0.717, 1.165) is 11.3 Å². The number of hydrogen-bond donors (Lipinski definition) is 1. The zero-order chi connectivity index (χ0) is 15.4. The summed E-state index contributed by atoms with van der Waals surface area (Å²) in [7, 11) is 0. The van der Waals surface area contributed by atoms with E-state index in [1.54, 1.807) is 18.2 Å². The van der Waals surface area contributed by atoms with Gasteiger partial charge in [-0.2, -0.15) is 8.78 Å². The van der Waals surface area contributed by atoms with Crippen LogP contribution in [0.3, 0.4) is 0 Å². The smallest absolute Gasteiger partial charge is 0.387 e. The van der Waals surface area contributed by atoms with Crippen LogP contribution in [0.25, 0.3) is 0 Å². The van der Waals surface area contributed by atoms with Crippen LogP contribution in [0, 0.1) is 0 Å². The monoisotopic (exact) mass is 331 g/mol. The molecule has 2 rings (SSSR count). The van der Waals surface area contributed by atoms with Crippen molar-refractivity contribution in [1.29, 1.82) is 0 Å². The first-order valence-corrected chi connectivity index (χ1v) is 6.98. The number of benzene rings is 2. The quantitative estimate of drug-likeness (QED) is 0.751. The van der Waals surface area contributed by atoms with E-state index in [0.29, 0.717) is 10.0 Å². The second-order valence-electron chi connectivity index (χ2n) is 4.41. The molecule has 0 heterocycles. The number of halogens is 4. The van der Waals surface area contributed by atoms with Gasteiger partial charge in [0.15, 0.2) is 0 Å². The van der Waals surface area contributed by atoms with Crippen LogP contribution in [0.15, 0.2) is 42.5 Å². The maximum atomic E-state index is 12.1. The molecule has 1 N–H and O–H groups in total. The van der Waals surface area contributed by atoms with Crippen molar-refractivity contribution >= 4 is 28.9 Å². The Morgan fingerprint density at radius 1 is 1.05 bits per heavy atom. The van der Waals surface area contributed by atoms with Crippen molar-refractivity contribution in [3.8, 4) is 5.75 Å². The van der Waals surface area contributed by atoms with Gasteiger partial charge in [0, 0.05) is 5.69 Å². The lowest BCUT2D eigenvalue weighted by Crippen LogP contribution is -2.07. The minimum absolute atomic E-state index is 0.0851. The summed E-state index contributed by atoms with van der Waals surface area (Å²) in [6, 6.07) is 11.6. The third-order valence-electron chi connectivity index (χ3n) is 2.91. The summed E-state index contributed by atoms with van der Waals surface area (Å²) >= 11 is 12.1. The van der Waals surface area contributed by atoms with Crippen LogP contribution in [0.4, 0.5) is 14.5 Å². The highest BCUT2D eigenvalue weighted by molar-refractivity contribution is 6.42. The van der Waals surface area contributed by atoms with Gasteiger partial charge >= 0.3 is 6.61 Å². The summed E-state index contributed by atoms with van der Waals surface area (Å²) in [6.07, 6.45) is 0. The first-order chi connectivity index (χ1) is 9.97. The number of anilines is 1.